The van der Waals surface area contributed by atoms with Gasteiger partial charge in [0.25, 0.3) is 5.91 Å². The van der Waals surface area contributed by atoms with E-state index in [1.54, 1.807) is 23.2 Å². The SMILES string of the molecule is CC.CCN(CC)C(=O)c1ccc(C2=CC(CC)(CCCN)Oc3ccc(F)cc32)nc1. The Balaban J connectivity index is 0.00000176. The quantitative estimate of drug-likeness (QED) is 0.592. The van der Waals surface area contributed by atoms with Gasteiger partial charge in [0.15, 0.2) is 0 Å². The van der Waals surface area contributed by atoms with Gasteiger partial charge in [0.2, 0.25) is 0 Å². The van der Waals surface area contributed by atoms with Gasteiger partial charge in [0.1, 0.15) is 17.2 Å². The van der Waals surface area contributed by atoms with E-state index in [-0.39, 0.29) is 11.7 Å². The van der Waals surface area contributed by atoms with Crippen LogP contribution in [-0.2, 0) is 0 Å². The lowest BCUT2D eigenvalue weighted by atomic mass is 9.85. The number of amides is 1. The third kappa shape index (κ3) is 5.54. The summed E-state index contributed by atoms with van der Waals surface area (Å²) in [6, 6.07) is 8.16. The lowest BCUT2D eigenvalue weighted by molar-refractivity contribution is 0.0772. The normalized spacial score (nSPS) is 16.8. The van der Waals surface area contributed by atoms with Gasteiger partial charge in [-0.05, 0) is 76.1 Å². The zero-order valence-electron chi connectivity index (χ0n) is 20.0. The van der Waals surface area contributed by atoms with Gasteiger partial charge < -0.3 is 15.4 Å². The molecule has 0 bridgehead atoms. The highest BCUT2D eigenvalue weighted by Gasteiger charge is 2.34. The number of fused-ring (bicyclic) bond motifs is 1. The van der Waals surface area contributed by atoms with E-state index in [1.807, 2.05) is 39.8 Å². The number of carbonyl (C=O) groups is 1. The average Bonchev–Trinajstić information content (AvgIpc) is 2.84. The Bertz CT molecular complexity index is 923. The number of benzene rings is 1. The van der Waals surface area contributed by atoms with Crippen molar-refractivity contribution in [3.63, 3.8) is 0 Å². The summed E-state index contributed by atoms with van der Waals surface area (Å²) in [6.07, 6.45) is 5.97. The molecular weight excluding hydrogens is 405 g/mol. The summed E-state index contributed by atoms with van der Waals surface area (Å²) in [5.41, 5.74) is 7.93. The van der Waals surface area contributed by atoms with Crippen molar-refractivity contribution in [1.29, 1.82) is 0 Å². The number of aromatic nitrogens is 1. The van der Waals surface area contributed by atoms with Crippen LogP contribution in [0, 0.1) is 5.82 Å². The first-order valence-electron chi connectivity index (χ1n) is 11.6. The van der Waals surface area contributed by atoms with Gasteiger partial charge in [0.05, 0.1) is 11.3 Å². The maximum absolute atomic E-state index is 14.0. The first-order valence-corrected chi connectivity index (χ1v) is 11.6. The van der Waals surface area contributed by atoms with Crippen LogP contribution >= 0.6 is 0 Å². The fourth-order valence-electron chi connectivity index (χ4n) is 3.85. The van der Waals surface area contributed by atoms with Crippen LogP contribution in [0.25, 0.3) is 5.57 Å². The second-order valence-corrected chi connectivity index (χ2v) is 7.52. The van der Waals surface area contributed by atoms with Crippen LogP contribution in [0.15, 0.2) is 42.6 Å². The van der Waals surface area contributed by atoms with Crippen molar-refractivity contribution in [3.05, 3.63) is 65.2 Å². The van der Waals surface area contributed by atoms with Gasteiger partial charge in [-0.15, -0.1) is 0 Å². The summed E-state index contributed by atoms with van der Waals surface area (Å²) in [7, 11) is 0. The number of pyridine rings is 1. The first kappa shape index (κ1) is 25.5. The van der Waals surface area contributed by atoms with Gasteiger partial charge in [-0.1, -0.05) is 20.8 Å². The molecule has 3 rings (SSSR count). The smallest absolute Gasteiger partial charge is 0.255 e. The second-order valence-electron chi connectivity index (χ2n) is 7.52. The van der Waals surface area contributed by atoms with Crippen LogP contribution in [0.5, 0.6) is 5.75 Å². The van der Waals surface area contributed by atoms with Gasteiger partial charge in [-0.2, -0.15) is 0 Å². The summed E-state index contributed by atoms with van der Waals surface area (Å²) >= 11 is 0. The van der Waals surface area contributed by atoms with Crippen LogP contribution < -0.4 is 10.5 Å². The predicted molar refractivity (Wildman–Crippen MR) is 128 cm³/mol. The number of nitrogens with zero attached hydrogens (tertiary/aromatic N) is 2. The summed E-state index contributed by atoms with van der Waals surface area (Å²) in [6.45, 7) is 11.8. The standard InChI is InChI=1S/C24H30FN3O2.C2H6/c1-4-24(12-7-13-26)15-20(19-14-18(25)9-11-22(19)30-24)21-10-8-17(16-27-21)23(29)28(5-2)6-3;1-2/h8-11,14-16H,4-7,12-13,26H2,1-3H3;1-2H3. The highest BCUT2D eigenvalue weighted by atomic mass is 19.1. The Morgan fingerprint density at radius 3 is 2.44 bits per heavy atom. The molecule has 0 spiro atoms. The van der Waals surface area contributed by atoms with E-state index in [9.17, 15) is 9.18 Å². The number of halogens is 1. The molecule has 0 fully saturated rings. The molecule has 1 amide bonds. The number of nitrogens with two attached hydrogens (primary N) is 1. The summed E-state index contributed by atoms with van der Waals surface area (Å²) < 4.78 is 20.3. The van der Waals surface area contributed by atoms with E-state index >= 15 is 0 Å². The van der Waals surface area contributed by atoms with E-state index in [2.05, 4.69) is 11.9 Å². The monoisotopic (exact) mass is 441 g/mol. The van der Waals surface area contributed by atoms with E-state index in [1.165, 1.54) is 12.1 Å². The third-order valence-electron chi connectivity index (χ3n) is 5.69. The number of hydrogen-bond donors (Lipinski definition) is 1. The van der Waals surface area contributed by atoms with Crippen LogP contribution in [0.2, 0.25) is 0 Å². The average molecular weight is 442 g/mol. The molecule has 1 atom stereocenters. The molecule has 1 unspecified atom stereocenters. The van der Waals surface area contributed by atoms with Crippen LogP contribution in [0.1, 0.15) is 75.5 Å². The molecule has 0 saturated heterocycles. The molecule has 32 heavy (non-hydrogen) atoms. The van der Waals surface area contributed by atoms with Crippen LogP contribution in [0.3, 0.4) is 0 Å². The van der Waals surface area contributed by atoms with Crippen molar-refractivity contribution in [2.75, 3.05) is 19.6 Å². The second kappa shape index (κ2) is 11.8. The maximum atomic E-state index is 14.0. The van der Waals surface area contributed by atoms with E-state index < -0.39 is 5.60 Å². The van der Waals surface area contributed by atoms with Crippen molar-refractivity contribution >= 4 is 11.5 Å². The zero-order valence-corrected chi connectivity index (χ0v) is 20.0. The topological polar surface area (TPSA) is 68.5 Å². The van der Waals surface area contributed by atoms with Gasteiger partial charge in [-0.3, -0.25) is 9.78 Å². The summed E-state index contributed by atoms with van der Waals surface area (Å²) in [5.74, 6) is 0.262. The molecule has 1 aliphatic rings. The molecule has 2 N–H and O–H groups in total. The largest absolute Gasteiger partial charge is 0.483 e. The van der Waals surface area contributed by atoms with E-state index in [0.29, 0.717) is 42.2 Å². The lowest BCUT2D eigenvalue weighted by Gasteiger charge is -2.36. The molecule has 5 nitrogen and oxygen atoms in total. The molecule has 174 valence electrons. The number of hydrogen-bond acceptors (Lipinski definition) is 4. The lowest BCUT2D eigenvalue weighted by Crippen LogP contribution is -2.36. The first-order chi connectivity index (χ1) is 15.5. The number of carbonyl (C=O) groups excluding carboxylic acids is 1. The van der Waals surface area contributed by atoms with Gasteiger partial charge >= 0.3 is 0 Å². The summed E-state index contributed by atoms with van der Waals surface area (Å²) in [5, 5.41) is 0. The van der Waals surface area contributed by atoms with Crippen molar-refractivity contribution in [2.45, 2.75) is 59.5 Å². The Morgan fingerprint density at radius 2 is 1.88 bits per heavy atom. The third-order valence-corrected chi connectivity index (χ3v) is 5.69. The molecule has 1 aromatic heterocycles. The maximum Gasteiger partial charge on any atom is 0.255 e. The van der Waals surface area contributed by atoms with Crippen LogP contribution in [0.4, 0.5) is 4.39 Å². The van der Waals surface area contributed by atoms with Gasteiger partial charge in [0, 0.05) is 30.4 Å². The molecule has 1 aliphatic heterocycles. The van der Waals surface area contributed by atoms with E-state index in [4.69, 9.17) is 10.5 Å². The molecule has 2 heterocycles. The van der Waals surface area contributed by atoms with E-state index in [0.717, 1.165) is 24.8 Å². The molecule has 0 radical (unpaired) electrons. The van der Waals surface area contributed by atoms with Crippen LogP contribution in [-0.4, -0.2) is 41.0 Å². The number of rotatable bonds is 8. The molecule has 2 aromatic rings. The molecule has 0 aliphatic carbocycles. The molecule has 6 heteroatoms. The fourth-order valence-corrected chi connectivity index (χ4v) is 3.85. The minimum absolute atomic E-state index is 0.0442. The van der Waals surface area contributed by atoms with Crippen molar-refractivity contribution in [1.82, 2.24) is 9.88 Å². The highest BCUT2D eigenvalue weighted by molar-refractivity contribution is 5.94. The zero-order chi connectivity index (χ0) is 23.7. The molecule has 1 aromatic carbocycles. The minimum Gasteiger partial charge on any atom is -0.483 e. The summed E-state index contributed by atoms with van der Waals surface area (Å²) in [4.78, 5) is 18.9. The molecular formula is C26H36FN3O2. The Morgan fingerprint density at radius 1 is 1.16 bits per heavy atom. The Labute approximate surface area is 191 Å². The minimum atomic E-state index is -0.517. The highest BCUT2D eigenvalue weighted by Crippen LogP contribution is 2.42. The fraction of sp³-hybridized carbons (Fsp3) is 0.462. The number of ether oxygens (including phenoxy) is 1. The Kier molecular flexibility index (Phi) is 9.39. The Hall–Kier alpha value is -2.73. The van der Waals surface area contributed by atoms with Crippen molar-refractivity contribution in [2.24, 2.45) is 5.73 Å². The van der Waals surface area contributed by atoms with Gasteiger partial charge in [-0.25, -0.2) is 4.39 Å². The predicted octanol–water partition coefficient (Wildman–Crippen LogP) is 5.44. The van der Waals surface area contributed by atoms with Crippen molar-refractivity contribution < 1.29 is 13.9 Å². The van der Waals surface area contributed by atoms with Crippen molar-refractivity contribution in [3.8, 4) is 5.75 Å². The molecule has 0 saturated carbocycles.